The van der Waals surface area contributed by atoms with Crippen molar-refractivity contribution in [2.45, 2.75) is 37.8 Å². The van der Waals surface area contributed by atoms with Crippen LogP contribution in [0.4, 0.5) is 5.82 Å². The van der Waals surface area contributed by atoms with E-state index in [1.165, 1.54) is 38.8 Å². The summed E-state index contributed by atoms with van der Waals surface area (Å²) in [6.45, 7) is 2.47. The van der Waals surface area contributed by atoms with E-state index in [2.05, 4.69) is 20.2 Å². The molecule has 0 spiro atoms. The lowest BCUT2D eigenvalue weighted by Crippen LogP contribution is -2.42. The standard InChI is InChI=1S/C13H19N5S/c14-13(19)11-7-16-12(8-15-11)17-9-3-5-18-4-1-2-10(18)6-9/h7-10H,1-6H2,(H2,14,19)(H,16,17). The summed E-state index contributed by atoms with van der Waals surface area (Å²) in [5.74, 6) is 0.816. The second kappa shape index (κ2) is 5.38. The minimum Gasteiger partial charge on any atom is -0.388 e. The summed E-state index contributed by atoms with van der Waals surface area (Å²) >= 11 is 4.87. The molecule has 0 aromatic carbocycles. The zero-order valence-corrected chi connectivity index (χ0v) is 11.7. The normalized spacial score (nSPS) is 26.9. The predicted octanol–water partition coefficient (Wildman–Crippen LogP) is 1.15. The first-order chi connectivity index (χ1) is 9.22. The molecule has 19 heavy (non-hydrogen) atoms. The number of nitrogens with one attached hydrogen (secondary N) is 1. The Morgan fingerprint density at radius 1 is 1.32 bits per heavy atom. The van der Waals surface area contributed by atoms with Crippen molar-refractivity contribution in [3.8, 4) is 0 Å². The molecule has 0 aliphatic carbocycles. The summed E-state index contributed by atoms with van der Waals surface area (Å²) in [7, 11) is 0. The molecule has 0 radical (unpaired) electrons. The van der Waals surface area contributed by atoms with Gasteiger partial charge < -0.3 is 16.0 Å². The molecule has 3 N–H and O–H groups in total. The number of thiocarbonyl (C=S) groups is 1. The average molecular weight is 277 g/mol. The van der Waals surface area contributed by atoms with E-state index >= 15 is 0 Å². The molecule has 2 unspecified atom stereocenters. The van der Waals surface area contributed by atoms with E-state index in [1.807, 2.05) is 0 Å². The van der Waals surface area contributed by atoms with E-state index in [0.717, 1.165) is 11.9 Å². The summed E-state index contributed by atoms with van der Waals surface area (Å²) in [5, 5.41) is 3.48. The SMILES string of the molecule is NC(=S)c1cnc(NC2CCN3CCCC3C2)cn1. The third kappa shape index (κ3) is 2.84. The number of hydrogen-bond acceptors (Lipinski definition) is 5. The minimum absolute atomic E-state index is 0.290. The van der Waals surface area contributed by atoms with E-state index in [1.54, 1.807) is 12.4 Å². The number of anilines is 1. The van der Waals surface area contributed by atoms with E-state index < -0.39 is 0 Å². The Bertz CT molecular complexity index is 461. The van der Waals surface area contributed by atoms with Crippen LogP contribution in [0.2, 0.25) is 0 Å². The van der Waals surface area contributed by atoms with Crippen molar-refractivity contribution < 1.29 is 0 Å². The average Bonchev–Trinajstić information content (AvgIpc) is 2.87. The number of nitrogens with two attached hydrogens (primary N) is 1. The molecule has 6 heteroatoms. The summed E-state index contributed by atoms with van der Waals surface area (Å²) in [4.78, 5) is 11.4. The van der Waals surface area contributed by atoms with Gasteiger partial charge in [0.1, 0.15) is 16.5 Å². The highest BCUT2D eigenvalue weighted by Crippen LogP contribution is 2.28. The quantitative estimate of drug-likeness (QED) is 0.808. The van der Waals surface area contributed by atoms with Crippen molar-refractivity contribution in [1.82, 2.24) is 14.9 Å². The Labute approximate surface area is 118 Å². The van der Waals surface area contributed by atoms with Crippen molar-refractivity contribution in [3.05, 3.63) is 18.1 Å². The molecule has 0 amide bonds. The first kappa shape index (κ1) is 12.7. The lowest BCUT2D eigenvalue weighted by Gasteiger charge is -2.35. The zero-order valence-electron chi connectivity index (χ0n) is 10.9. The molecule has 0 bridgehead atoms. The molecule has 2 saturated heterocycles. The van der Waals surface area contributed by atoms with Crippen molar-refractivity contribution in [1.29, 1.82) is 0 Å². The monoisotopic (exact) mass is 277 g/mol. The van der Waals surface area contributed by atoms with Gasteiger partial charge in [-0.05, 0) is 32.2 Å². The summed E-state index contributed by atoms with van der Waals surface area (Å²) in [5.41, 5.74) is 6.08. The molecule has 1 aromatic heterocycles. The van der Waals surface area contributed by atoms with Crippen LogP contribution in [0, 0.1) is 0 Å². The number of fused-ring (bicyclic) bond motifs is 1. The molecular weight excluding hydrogens is 258 g/mol. The fraction of sp³-hybridized carbons (Fsp3) is 0.615. The van der Waals surface area contributed by atoms with Gasteiger partial charge in [-0.15, -0.1) is 0 Å². The topological polar surface area (TPSA) is 67.1 Å². The van der Waals surface area contributed by atoms with Crippen LogP contribution in [0.3, 0.4) is 0 Å². The third-order valence-corrected chi connectivity index (χ3v) is 4.29. The number of piperidine rings is 1. The molecule has 3 rings (SSSR count). The van der Waals surface area contributed by atoms with Gasteiger partial charge in [0.2, 0.25) is 0 Å². The van der Waals surface area contributed by atoms with Crippen LogP contribution in [0.15, 0.2) is 12.4 Å². The fourth-order valence-corrected chi connectivity index (χ4v) is 3.20. The maximum absolute atomic E-state index is 5.51. The van der Waals surface area contributed by atoms with Crippen LogP contribution in [0.1, 0.15) is 31.4 Å². The highest BCUT2D eigenvalue weighted by atomic mass is 32.1. The van der Waals surface area contributed by atoms with Crippen LogP contribution in [0.25, 0.3) is 0 Å². The van der Waals surface area contributed by atoms with Gasteiger partial charge in [-0.25, -0.2) is 9.97 Å². The second-order valence-electron chi connectivity index (χ2n) is 5.35. The first-order valence-corrected chi connectivity index (χ1v) is 7.25. The summed E-state index contributed by atoms with van der Waals surface area (Å²) < 4.78 is 0. The van der Waals surface area contributed by atoms with E-state index in [-0.39, 0.29) is 0 Å². The Hall–Kier alpha value is -1.27. The van der Waals surface area contributed by atoms with Gasteiger partial charge in [0.05, 0.1) is 12.4 Å². The van der Waals surface area contributed by atoms with E-state index in [9.17, 15) is 0 Å². The molecular formula is C13H19N5S. The van der Waals surface area contributed by atoms with Crippen LogP contribution < -0.4 is 11.1 Å². The fourth-order valence-electron chi connectivity index (χ4n) is 3.09. The molecule has 102 valence electrons. The van der Waals surface area contributed by atoms with Crippen LogP contribution in [0.5, 0.6) is 0 Å². The molecule has 2 atom stereocenters. The number of aromatic nitrogens is 2. The second-order valence-corrected chi connectivity index (χ2v) is 5.79. The molecule has 2 aliphatic heterocycles. The third-order valence-electron chi connectivity index (χ3n) is 4.08. The van der Waals surface area contributed by atoms with Crippen molar-refractivity contribution in [3.63, 3.8) is 0 Å². The number of nitrogens with zero attached hydrogens (tertiary/aromatic N) is 3. The van der Waals surface area contributed by atoms with Gasteiger partial charge in [0, 0.05) is 18.6 Å². The van der Waals surface area contributed by atoms with Gasteiger partial charge in [0.15, 0.2) is 0 Å². The lowest BCUT2D eigenvalue weighted by atomic mass is 9.98. The first-order valence-electron chi connectivity index (χ1n) is 6.85. The lowest BCUT2D eigenvalue weighted by molar-refractivity contribution is 0.188. The summed E-state index contributed by atoms with van der Waals surface area (Å²) in [6, 6.07) is 1.26. The smallest absolute Gasteiger partial charge is 0.144 e. The Balaban J connectivity index is 1.60. The van der Waals surface area contributed by atoms with Crippen LogP contribution >= 0.6 is 12.2 Å². The van der Waals surface area contributed by atoms with Gasteiger partial charge in [-0.3, -0.25) is 0 Å². The van der Waals surface area contributed by atoms with Crippen LogP contribution in [-0.2, 0) is 0 Å². The van der Waals surface area contributed by atoms with Gasteiger partial charge in [0.25, 0.3) is 0 Å². The largest absolute Gasteiger partial charge is 0.388 e. The molecule has 0 saturated carbocycles. The molecule has 3 heterocycles. The van der Waals surface area contributed by atoms with Gasteiger partial charge >= 0.3 is 0 Å². The number of rotatable bonds is 3. The highest BCUT2D eigenvalue weighted by molar-refractivity contribution is 7.80. The maximum atomic E-state index is 5.51. The molecule has 2 fully saturated rings. The maximum Gasteiger partial charge on any atom is 0.144 e. The van der Waals surface area contributed by atoms with Crippen molar-refractivity contribution in [2.24, 2.45) is 5.73 Å². The van der Waals surface area contributed by atoms with Gasteiger partial charge in [-0.2, -0.15) is 0 Å². The zero-order chi connectivity index (χ0) is 13.2. The summed E-state index contributed by atoms with van der Waals surface area (Å²) in [6.07, 6.45) is 8.42. The van der Waals surface area contributed by atoms with E-state index in [0.29, 0.717) is 16.7 Å². The van der Waals surface area contributed by atoms with Crippen molar-refractivity contribution >= 4 is 23.0 Å². The Morgan fingerprint density at radius 2 is 2.21 bits per heavy atom. The Morgan fingerprint density at radius 3 is 2.95 bits per heavy atom. The minimum atomic E-state index is 0.290. The van der Waals surface area contributed by atoms with Gasteiger partial charge in [-0.1, -0.05) is 12.2 Å². The highest BCUT2D eigenvalue weighted by Gasteiger charge is 2.31. The predicted molar refractivity (Wildman–Crippen MR) is 79.2 cm³/mol. The van der Waals surface area contributed by atoms with E-state index in [4.69, 9.17) is 18.0 Å². The number of hydrogen-bond donors (Lipinski definition) is 2. The molecule has 1 aromatic rings. The van der Waals surface area contributed by atoms with Crippen molar-refractivity contribution in [2.75, 3.05) is 18.4 Å². The van der Waals surface area contributed by atoms with Crippen LogP contribution in [-0.4, -0.2) is 45.0 Å². The molecule has 2 aliphatic rings. The molecule has 5 nitrogen and oxygen atoms in total. The Kier molecular flexibility index (Phi) is 3.61.